The summed E-state index contributed by atoms with van der Waals surface area (Å²) in [5.74, 6) is 0.504. The van der Waals surface area contributed by atoms with Gasteiger partial charge in [-0.25, -0.2) is 0 Å². The van der Waals surface area contributed by atoms with Crippen LogP contribution < -0.4 is 4.74 Å². The van der Waals surface area contributed by atoms with Crippen LogP contribution in [-0.4, -0.2) is 45.0 Å². The zero-order valence-corrected chi connectivity index (χ0v) is 13.8. The molecule has 0 radical (unpaired) electrons. The topological polar surface area (TPSA) is 89.6 Å². The van der Waals surface area contributed by atoms with Gasteiger partial charge in [-0.15, -0.1) is 10.2 Å². The second-order valence-corrected chi connectivity index (χ2v) is 5.60. The van der Waals surface area contributed by atoms with E-state index in [9.17, 15) is 4.79 Å². The average molecular weight is 334 g/mol. The van der Waals surface area contributed by atoms with E-state index < -0.39 is 5.97 Å². The molecule has 0 aliphatic heterocycles. The monoisotopic (exact) mass is 334 g/mol. The summed E-state index contributed by atoms with van der Waals surface area (Å²) in [6.07, 6.45) is 3.31. The molecule has 1 heterocycles. The molecule has 0 atom stereocenters. The number of aromatic nitrogens is 3. The number of hydrogen-bond donors (Lipinski definition) is 1. The van der Waals surface area contributed by atoms with Crippen LogP contribution in [0.2, 0.25) is 0 Å². The second-order valence-electron chi connectivity index (χ2n) is 4.66. The van der Waals surface area contributed by atoms with Crippen LogP contribution in [0.3, 0.4) is 0 Å². The zero-order chi connectivity index (χ0) is 16.7. The minimum Gasteiger partial charge on any atom is -0.497 e. The molecule has 2 aromatic rings. The second kappa shape index (κ2) is 8.33. The number of hydrogen-bond acceptors (Lipinski definition) is 6. The van der Waals surface area contributed by atoms with Crippen LogP contribution in [0.25, 0.3) is 0 Å². The van der Waals surface area contributed by atoms with E-state index in [0.29, 0.717) is 11.0 Å². The lowest BCUT2D eigenvalue weighted by Crippen LogP contribution is -2.03. The van der Waals surface area contributed by atoms with Crippen molar-refractivity contribution >= 4 is 23.9 Å². The van der Waals surface area contributed by atoms with Crippen molar-refractivity contribution in [2.75, 3.05) is 12.9 Å². The number of rotatable bonds is 8. The molecule has 23 heavy (non-hydrogen) atoms. The van der Waals surface area contributed by atoms with E-state index in [2.05, 4.69) is 15.3 Å². The highest BCUT2D eigenvalue weighted by Crippen LogP contribution is 2.18. The smallest absolute Gasteiger partial charge is 0.313 e. The van der Waals surface area contributed by atoms with Crippen molar-refractivity contribution in [1.29, 1.82) is 0 Å². The van der Waals surface area contributed by atoms with Gasteiger partial charge in [0.1, 0.15) is 5.75 Å². The molecule has 0 fully saturated rings. The van der Waals surface area contributed by atoms with Crippen molar-refractivity contribution in [2.45, 2.75) is 24.9 Å². The Morgan fingerprint density at radius 2 is 2.13 bits per heavy atom. The molecule has 0 unspecified atom stereocenters. The summed E-state index contributed by atoms with van der Waals surface area (Å²) in [7, 11) is 1.61. The fraction of sp³-hybridized carbons (Fsp3) is 0.333. The molecule has 1 aromatic heterocycles. The average Bonchev–Trinajstić information content (AvgIpc) is 2.93. The number of thioether (sulfide) groups is 1. The van der Waals surface area contributed by atoms with Gasteiger partial charge in [-0.2, -0.15) is 9.78 Å². The van der Waals surface area contributed by atoms with E-state index in [1.165, 1.54) is 0 Å². The number of aryl methyl sites for hydroxylation is 1. The lowest BCUT2D eigenvalue weighted by Gasteiger charge is -2.03. The first-order valence-corrected chi connectivity index (χ1v) is 8.10. The lowest BCUT2D eigenvalue weighted by molar-refractivity contribution is -0.133. The Kier molecular flexibility index (Phi) is 6.16. The fourth-order valence-electron chi connectivity index (χ4n) is 1.82. The highest BCUT2D eigenvalue weighted by Gasteiger charge is 2.12. The van der Waals surface area contributed by atoms with Gasteiger partial charge in [-0.05, 0) is 36.2 Å². The normalized spacial score (nSPS) is 11.0. The summed E-state index contributed by atoms with van der Waals surface area (Å²) >= 11 is 1.10. The molecule has 1 aromatic carbocycles. The highest BCUT2D eigenvalue weighted by atomic mass is 32.2. The predicted octanol–water partition coefficient (Wildman–Crippen LogP) is 2.30. The molecule has 1 N–H and O–H groups in total. The summed E-state index contributed by atoms with van der Waals surface area (Å²) in [5.41, 5.74) is 0.899. The van der Waals surface area contributed by atoms with Crippen LogP contribution in [0, 0.1) is 0 Å². The number of carboxylic acid groups (broad SMARTS) is 1. The van der Waals surface area contributed by atoms with Crippen LogP contribution in [0.4, 0.5) is 0 Å². The van der Waals surface area contributed by atoms with Crippen LogP contribution in [0.5, 0.6) is 5.75 Å². The van der Waals surface area contributed by atoms with E-state index in [4.69, 9.17) is 9.84 Å². The van der Waals surface area contributed by atoms with E-state index in [0.717, 1.165) is 35.9 Å². The zero-order valence-electron chi connectivity index (χ0n) is 13.0. The van der Waals surface area contributed by atoms with Crippen LogP contribution in [0.1, 0.15) is 24.7 Å². The molecule has 0 spiro atoms. The molecule has 8 heteroatoms. The predicted molar refractivity (Wildman–Crippen MR) is 88.4 cm³/mol. The first kappa shape index (κ1) is 17.0. The lowest BCUT2D eigenvalue weighted by atomic mass is 10.2. The van der Waals surface area contributed by atoms with Gasteiger partial charge in [0.05, 0.1) is 19.1 Å². The van der Waals surface area contributed by atoms with Gasteiger partial charge in [-0.3, -0.25) is 4.79 Å². The summed E-state index contributed by atoms with van der Waals surface area (Å²) < 4.78 is 6.71. The SMILES string of the molecule is CCCc1nnc(SCC(=O)O)n1/N=C/c1ccc(OC)cc1. The van der Waals surface area contributed by atoms with Gasteiger partial charge in [0.15, 0.2) is 5.82 Å². The number of benzene rings is 1. The van der Waals surface area contributed by atoms with Crippen molar-refractivity contribution in [3.63, 3.8) is 0 Å². The van der Waals surface area contributed by atoms with E-state index in [1.54, 1.807) is 18.0 Å². The van der Waals surface area contributed by atoms with Crippen molar-refractivity contribution in [2.24, 2.45) is 5.10 Å². The largest absolute Gasteiger partial charge is 0.497 e. The van der Waals surface area contributed by atoms with Crippen LogP contribution in [0.15, 0.2) is 34.5 Å². The molecule has 0 aliphatic carbocycles. The first-order chi connectivity index (χ1) is 11.1. The quantitative estimate of drug-likeness (QED) is 0.588. The maximum atomic E-state index is 10.7. The van der Waals surface area contributed by atoms with Crippen molar-refractivity contribution < 1.29 is 14.6 Å². The molecule has 7 nitrogen and oxygen atoms in total. The molecular weight excluding hydrogens is 316 g/mol. The molecule has 0 amide bonds. The Morgan fingerprint density at radius 3 is 2.74 bits per heavy atom. The maximum absolute atomic E-state index is 10.7. The number of nitrogens with zero attached hydrogens (tertiary/aromatic N) is 4. The summed E-state index contributed by atoms with van der Waals surface area (Å²) in [6.45, 7) is 2.04. The highest BCUT2D eigenvalue weighted by molar-refractivity contribution is 7.99. The third kappa shape index (κ3) is 4.82. The van der Waals surface area contributed by atoms with Gasteiger partial charge < -0.3 is 9.84 Å². The van der Waals surface area contributed by atoms with Gasteiger partial charge in [-0.1, -0.05) is 18.7 Å². The number of methoxy groups -OCH3 is 1. The molecule has 0 bridgehead atoms. The minimum atomic E-state index is -0.902. The molecule has 2 rings (SSSR count). The molecule has 0 saturated carbocycles. The molecule has 122 valence electrons. The van der Waals surface area contributed by atoms with Gasteiger partial charge in [0.25, 0.3) is 0 Å². The maximum Gasteiger partial charge on any atom is 0.313 e. The van der Waals surface area contributed by atoms with E-state index in [1.807, 2.05) is 31.2 Å². The molecular formula is C15H18N4O3S. The number of ether oxygens (including phenoxy) is 1. The third-order valence-corrected chi connectivity index (χ3v) is 3.82. The molecule has 0 saturated heterocycles. The van der Waals surface area contributed by atoms with Crippen LogP contribution >= 0.6 is 11.8 Å². The third-order valence-electron chi connectivity index (χ3n) is 2.91. The molecule has 0 aliphatic rings. The van der Waals surface area contributed by atoms with Crippen molar-refractivity contribution in [3.8, 4) is 5.75 Å². The summed E-state index contributed by atoms with van der Waals surface area (Å²) in [5, 5.41) is 21.8. The number of aliphatic carboxylic acids is 1. The standard InChI is InChI=1S/C15H18N4O3S/c1-3-4-13-17-18-15(23-10-14(20)21)19(13)16-9-11-5-7-12(22-2)8-6-11/h5-9H,3-4,10H2,1-2H3,(H,20,21)/b16-9+. The van der Waals surface area contributed by atoms with E-state index in [-0.39, 0.29) is 5.75 Å². The Bertz CT molecular complexity index is 683. The van der Waals surface area contributed by atoms with Crippen LogP contribution in [-0.2, 0) is 11.2 Å². The van der Waals surface area contributed by atoms with Gasteiger partial charge in [0.2, 0.25) is 5.16 Å². The van der Waals surface area contributed by atoms with Crippen molar-refractivity contribution in [1.82, 2.24) is 14.9 Å². The van der Waals surface area contributed by atoms with Crippen molar-refractivity contribution in [3.05, 3.63) is 35.7 Å². The summed E-state index contributed by atoms with van der Waals surface area (Å²) in [4.78, 5) is 10.7. The number of carbonyl (C=O) groups is 1. The Labute approximate surface area is 138 Å². The Hall–Kier alpha value is -2.35. The fourth-order valence-corrected chi connectivity index (χ4v) is 2.45. The van der Waals surface area contributed by atoms with Gasteiger partial charge in [0, 0.05) is 6.42 Å². The summed E-state index contributed by atoms with van der Waals surface area (Å²) in [6, 6.07) is 7.47. The first-order valence-electron chi connectivity index (χ1n) is 7.11. The number of carboxylic acids is 1. The van der Waals surface area contributed by atoms with Gasteiger partial charge >= 0.3 is 5.97 Å². The Balaban J connectivity index is 2.22. The minimum absolute atomic E-state index is 0.0810. The Morgan fingerprint density at radius 1 is 1.39 bits per heavy atom. The van der Waals surface area contributed by atoms with E-state index >= 15 is 0 Å².